The van der Waals surface area contributed by atoms with Crippen molar-refractivity contribution >= 4 is 33.2 Å². The van der Waals surface area contributed by atoms with Gasteiger partial charge in [-0.25, -0.2) is 13.1 Å². The molecule has 0 atom stereocenters. The Bertz CT molecular complexity index is 1280. The van der Waals surface area contributed by atoms with Gasteiger partial charge in [0.1, 0.15) is 5.56 Å². The molecule has 33 heavy (non-hydrogen) atoms. The highest BCUT2D eigenvalue weighted by Crippen LogP contribution is 2.28. The summed E-state index contributed by atoms with van der Waals surface area (Å²) >= 11 is 6.31. The molecular weight excluding hydrogens is 464 g/mol. The summed E-state index contributed by atoms with van der Waals surface area (Å²) in [5.41, 5.74) is 2.23. The van der Waals surface area contributed by atoms with Crippen molar-refractivity contribution in [2.75, 3.05) is 31.1 Å². The fourth-order valence-electron chi connectivity index (χ4n) is 4.03. The van der Waals surface area contributed by atoms with Crippen molar-refractivity contribution in [3.63, 3.8) is 0 Å². The van der Waals surface area contributed by atoms with E-state index < -0.39 is 15.9 Å². The molecule has 176 valence electrons. The van der Waals surface area contributed by atoms with Crippen molar-refractivity contribution in [3.05, 3.63) is 58.5 Å². The normalized spacial score (nSPS) is 15.2. The number of hydrogen-bond acceptors (Lipinski definition) is 6. The molecule has 9 nitrogen and oxygen atoms in total. The van der Waals surface area contributed by atoms with Gasteiger partial charge in [-0.2, -0.15) is 14.5 Å². The molecule has 0 radical (unpaired) electrons. The summed E-state index contributed by atoms with van der Waals surface area (Å²) in [6.45, 7) is 7.52. The van der Waals surface area contributed by atoms with E-state index in [0.717, 1.165) is 12.1 Å². The Kier molecular flexibility index (Phi) is 6.60. The van der Waals surface area contributed by atoms with Crippen molar-refractivity contribution in [2.24, 2.45) is 0 Å². The zero-order chi connectivity index (χ0) is 23.8. The number of nitrogens with zero attached hydrogens (tertiary/aromatic N) is 6. The van der Waals surface area contributed by atoms with Crippen molar-refractivity contribution < 1.29 is 13.2 Å². The number of piperazine rings is 1. The molecule has 1 aliphatic rings. The number of anilines is 1. The number of carbonyl (C=O) groups is 1. The fraction of sp³-hybridized carbons (Fsp3) is 0.409. The number of sulfonamides is 1. The summed E-state index contributed by atoms with van der Waals surface area (Å²) in [5, 5.41) is 8.95. The third-order valence-electron chi connectivity index (χ3n) is 5.63. The summed E-state index contributed by atoms with van der Waals surface area (Å²) < 4.78 is 31.3. The lowest BCUT2D eigenvalue weighted by molar-refractivity contribution is 0.0938. The topological polar surface area (TPSA) is 93.3 Å². The van der Waals surface area contributed by atoms with Crippen molar-refractivity contribution in [1.29, 1.82) is 0 Å². The standard InChI is InChI=1S/C22H27ClN6O3S/c1-4-9-27-15-18(22(30)29-17(3)14-16(2)24-29)21(25-27)33(31,32)28-12-10-26(11-13-28)20-8-6-5-7-19(20)23/h5-8,14-15H,4,9-13H2,1-3H3. The van der Waals surface area contributed by atoms with Crippen molar-refractivity contribution in [3.8, 4) is 0 Å². The van der Waals surface area contributed by atoms with Crippen LogP contribution in [0.3, 0.4) is 0 Å². The molecule has 1 fully saturated rings. The minimum atomic E-state index is -3.99. The second-order valence-electron chi connectivity index (χ2n) is 8.10. The van der Waals surface area contributed by atoms with E-state index >= 15 is 0 Å². The van der Waals surface area contributed by atoms with Gasteiger partial charge >= 0.3 is 0 Å². The van der Waals surface area contributed by atoms with Crippen LogP contribution in [-0.4, -0.2) is 64.4 Å². The Hall–Kier alpha value is -2.69. The third-order valence-corrected chi connectivity index (χ3v) is 7.78. The van der Waals surface area contributed by atoms with E-state index in [0.29, 0.717) is 36.0 Å². The molecule has 3 heterocycles. The lowest BCUT2D eigenvalue weighted by atomic mass is 10.2. The van der Waals surface area contributed by atoms with E-state index in [2.05, 4.69) is 15.1 Å². The molecule has 2 aromatic heterocycles. The van der Waals surface area contributed by atoms with E-state index in [4.69, 9.17) is 11.6 Å². The highest BCUT2D eigenvalue weighted by molar-refractivity contribution is 7.89. The van der Waals surface area contributed by atoms with Crippen molar-refractivity contribution in [1.82, 2.24) is 23.9 Å². The number of halogens is 1. The van der Waals surface area contributed by atoms with Crippen LogP contribution in [0.5, 0.6) is 0 Å². The van der Waals surface area contributed by atoms with Gasteiger partial charge in [-0.05, 0) is 38.5 Å². The lowest BCUT2D eigenvalue weighted by Crippen LogP contribution is -2.49. The smallest absolute Gasteiger partial charge is 0.283 e. The average molecular weight is 491 g/mol. The number of aromatic nitrogens is 4. The van der Waals surface area contributed by atoms with Gasteiger partial charge < -0.3 is 4.90 Å². The maximum absolute atomic E-state index is 13.6. The van der Waals surface area contributed by atoms with Gasteiger partial charge in [-0.1, -0.05) is 30.7 Å². The number of hydrogen-bond donors (Lipinski definition) is 0. The molecule has 0 N–H and O–H groups in total. The number of aryl methyl sites for hydroxylation is 3. The Morgan fingerprint density at radius 3 is 2.39 bits per heavy atom. The predicted molar refractivity (Wildman–Crippen MR) is 126 cm³/mol. The van der Waals surface area contributed by atoms with Crippen LogP contribution in [0.2, 0.25) is 5.02 Å². The number of para-hydroxylation sites is 1. The monoisotopic (exact) mass is 490 g/mol. The maximum Gasteiger partial charge on any atom is 0.283 e. The second-order valence-corrected chi connectivity index (χ2v) is 10.4. The molecular formula is C22H27ClN6O3S. The molecule has 1 saturated heterocycles. The Morgan fingerprint density at radius 1 is 1.09 bits per heavy atom. The SMILES string of the molecule is CCCn1cc(C(=O)n2nc(C)cc2C)c(S(=O)(=O)N2CCN(c3ccccc3Cl)CC2)n1. The van der Waals surface area contributed by atoms with Gasteiger partial charge in [-0.3, -0.25) is 9.48 Å². The Morgan fingerprint density at radius 2 is 1.79 bits per heavy atom. The van der Waals surface area contributed by atoms with Gasteiger partial charge in [-0.15, -0.1) is 0 Å². The molecule has 0 aliphatic carbocycles. The first-order valence-electron chi connectivity index (χ1n) is 10.9. The van der Waals surface area contributed by atoms with Crippen LogP contribution in [0, 0.1) is 13.8 Å². The fourth-order valence-corrected chi connectivity index (χ4v) is 5.80. The van der Waals surface area contributed by atoms with E-state index in [1.54, 1.807) is 19.9 Å². The summed E-state index contributed by atoms with van der Waals surface area (Å²) in [6.07, 6.45) is 2.26. The summed E-state index contributed by atoms with van der Waals surface area (Å²) in [6, 6.07) is 9.28. The van der Waals surface area contributed by atoms with Gasteiger partial charge in [0.15, 0.2) is 0 Å². The van der Waals surface area contributed by atoms with Gasteiger partial charge in [0, 0.05) is 44.6 Å². The molecule has 3 aromatic rings. The van der Waals surface area contributed by atoms with E-state index in [-0.39, 0.29) is 23.7 Å². The van der Waals surface area contributed by atoms with Gasteiger partial charge in [0.25, 0.3) is 15.9 Å². The lowest BCUT2D eigenvalue weighted by Gasteiger charge is -2.35. The third kappa shape index (κ3) is 4.55. The molecule has 1 aromatic carbocycles. The number of benzene rings is 1. The Balaban J connectivity index is 1.63. The molecule has 0 spiro atoms. The van der Waals surface area contributed by atoms with Gasteiger partial charge in [0.2, 0.25) is 5.03 Å². The molecule has 11 heteroatoms. The predicted octanol–water partition coefficient (Wildman–Crippen LogP) is 2.96. The average Bonchev–Trinajstić information content (AvgIpc) is 3.37. The minimum absolute atomic E-state index is 0.0307. The van der Waals surface area contributed by atoms with E-state index in [1.807, 2.05) is 31.2 Å². The quantitative estimate of drug-likeness (QED) is 0.527. The highest BCUT2D eigenvalue weighted by atomic mass is 35.5. The summed E-state index contributed by atoms with van der Waals surface area (Å²) in [7, 11) is -3.99. The number of rotatable bonds is 6. The molecule has 4 rings (SSSR count). The first-order chi connectivity index (χ1) is 15.7. The molecule has 0 unspecified atom stereocenters. The van der Waals surface area contributed by atoms with E-state index in [9.17, 15) is 13.2 Å². The maximum atomic E-state index is 13.6. The largest absolute Gasteiger partial charge is 0.368 e. The van der Waals surface area contributed by atoms with Crippen LogP contribution in [-0.2, 0) is 16.6 Å². The number of carbonyl (C=O) groups excluding carboxylic acids is 1. The summed E-state index contributed by atoms with van der Waals surface area (Å²) in [4.78, 5) is 15.3. The Labute approximate surface area is 198 Å². The highest BCUT2D eigenvalue weighted by Gasteiger charge is 2.35. The second kappa shape index (κ2) is 9.28. The van der Waals surface area contributed by atoms with Crippen LogP contribution in [0.25, 0.3) is 0 Å². The zero-order valence-electron chi connectivity index (χ0n) is 18.9. The van der Waals surface area contributed by atoms with Gasteiger partial charge in [0.05, 0.1) is 16.4 Å². The van der Waals surface area contributed by atoms with E-state index in [1.165, 1.54) is 19.9 Å². The van der Waals surface area contributed by atoms with Crippen LogP contribution in [0.1, 0.15) is 35.1 Å². The molecule has 1 aliphatic heterocycles. The van der Waals surface area contributed by atoms with Crippen LogP contribution >= 0.6 is 11.6 Å². The minimum Gasteiger partial charge on any atom is -0.368 e. The first-order valence-corrected chi connectivity index (χ1v) is 12.7. The van der Waals surface area contributed by atoms with Crippen molar-refractivity contribution in [2.45, 2.75) is 38.8 Å². The zero-order valence-corrected chi connectivity index (χ0v) is 20.5. The van der Waals surface area contributed by atoms with Crippen LogP contribution in [0.15, 0.2) is 41.6 Å². The molecule has 0 bridgehead atoms. The first kappa shape index (κ1) is 23.5. The molecule has 0 saturated carbocycles. The van der Waals surface area contributed by atoms with Crippen LogP contribution in [0.4, 0.5) is 5.69 Å². The van der Waals surface area contributed by atoms with Crippen LogP contribution < -0.4 is 4.90 Å². The summed E-state index contributed by atoms with van der Waals surface area (Å²) in [5.74, 6) is -0.503. The molecule has 0 amide bonds.